The smallest absolute Gasteiger partial charge is 0.199 e. The molecule has 0 saturated heterocycles. The topological polar surface area (TPSA) is 25.2 Å². The summed E-state index contributed by atoms with van der Waals surface area (Å²) in [6.07, 6.45) is 3.04. The van der Waals surface area contributed by atoms with Crippen molar-refractivity contribution >= 4 is 10.8 Å². The third kappa shape index (κ3) is 2.75. The van der Waals surface area contributed by atoms with E-state index in [0.717, 1.165) is 16.8 Å². The molecule has 1 aromatic heterocycles. The van der Waals surface area contributed by atoms with E-state index in [0.29, 0.717) is 24.9 Å². The van der Waals surface area contributed by atoms with Gasteiger partial charge in [0.25, 0.3) is 0 Å². The highest BCUT2D eigenvalue weighted by molar-refractivity contribution is 5.87. The molecule has 3 aromatic rings. The lowest BCUT2D eigenvalue weighted by molar-refractivity contribution is 0.418. The number of rotatable bonds is 4. The van der Waals surface area contributed by atoms with E-state index in [4.69, 9.17) is 0 Å². The first-order valence-electron chi connectivity index (χ1n) is 6.86. The number of hydrogen-bond donors (Lipinski definition) is 1. The van der Waals surface area contributed by atoms with Gasteiger partial charge < -0.3 is 9.67 Å². The summed E-state index contributed by atoms with van der Waals surface area (Å²) in [5.41, 5.74) is 0.493. The molecule has 0 unspecified atom stereocenters. The third-order valence-electron chi connectivity index (χ3n) is 3.63. The normalized spacial score (nSPS) is 11.1. The molecule has 0 radical (unpaired) electrons. The standard InChI is InChI=1S/C17H15F2NO/c18-14-8-7-12(16(19)10-14)5-3-9-20-11-13-4-1-2-6-15(13)17(20)21/h1-2,4,6-8,10-11,21H,3,5,9H2. The van der Waals surface area contributed by atoms with E-state index in [-0.39, 0.29) is 5.88 Å². The number of benzene rings is 2. The molecule has 0 aliphatic rings. The zero-order valence-corrected chi connectivity index (χ0v) is 11.4. The van der Waals surface area contributed by atoms with Gasteiger partial charge in [0.1, 0.15) is 11.6 Å². The van der Waals surface area contributed by atoms with Crippen LogP contribution in [-0.2, 0) is 13.0 Å². The second kappa shape index (κ2) is 5.56. The average molecular weight is 287 g/mol. The molecule has 0 aliphatic carbocycles. The van der Waals surface area contributed by atoms with Gasteiger partial charge in [-0.25, -0.2) is 8.78 Å². The van der Waals surface area contributed by atoms with E-state index in [1.54, 1.807) is 4.57 Å². The Bertz CT molecular complexity index is 780. The first kappa shape index (κ1) is 13.6. The second-order valence-corrected chi connectivity index (χ2v) is 5.07. The molecule has 2 aromatic carbocycles. The Morgan fingerprint density at radius 3 is 2.62 bits per heavy atom. The van der Waals surface area contributed by atoms with Crippen molar-refractivity contribution in [3.05, 3.63) is 65.9 Å². The molecule has 0 amide bonds. The van der Waals surface area contributed by atoms with Gasteiger partial charge in [-0.05, 0) is 30.5 Å². The molecule has 0 spiro atoms. The van der Waals surface area contributed by atoms with E-state index in [9.17, 15) is 13.9 Å². The molecule has 21 heavy (non-hydrogen) atoms. The number of aromatic nitrogens is 1. The van der Waals surface area contributed by atoms with Gasteiger partial charge >= 0.3 is 0 Å². The van der Waals surface area contributed by atoms with E-state index in [2.05, 4.69) is 0 Å². The Hall–Kier alpha value is -2.36. The fourth-order valence-corrected chi connectivity index (χ4v) is 2.53. The van der Waals surface area contributed by atoms with Gasteiger partial charge in [-0.2, -0.15) is 0 Å². The van der Waals surface area contributed by atoms with Crippen molar-refractivity contribution in [2.45, 2.75) is 19.4 Å². The lowest BCUT2D eigenvalue weighted by Gasteiger charge is -2.06. The summed E-state index contributed by atoms with van der Waals surface area (Å²) < 4.78 is 28.1. The summed E-state index contributed by atoms with van der Waals surface area (Å²) >= 11 is 0. The largest absolute Gasteiger partial charge is 0.494 e. The van der Waals surface area contributed by atoms with E-state index >= 15 is 0 Å². The van der Waals surface area contributed by atoms with E-state index in [1.807, 2.05) is 30.5 Å². The minimum Gasteiger partial charge on any atom is -0.494 e. The molecule has 1 heterocycles. The van der Waals surface area contributed by atoms with Crippen molar-refractivity contribution in [1.29, 1.82) is 0 Å². The van der Waals surface area contributed by atoms with Crippen LogP contribution in [0.25, 0.3) is 10.8 Å². The van der Waals surface area contributed by atoms with Crippen LogP contribution in [0.1, 0.15) is 12.0 Å². The van der Waals surface area contributed by atoms with Crippen molar-refractivity contribution in [2.24, 2.45) is 0 Å². The fraction of sp³-hybridized carbons (Fsp3) is 0.176. The summed E-state index contributed by atoms with van der Waals surface area (Å²) in [6, 6.07) is 11.2. The molecule has 0 fully saturated rings. The van der Waals surface area contributed by atoms with Crippen molar-refractivity contribution in [3.63, 3.8) is 0 Å². The van der Waals surface area contributed by atoms with Gasteiger partial charge in [0.15, 0.2) is 5.88 Å². The molecule has 0 bridgehead atoms. The van der Waals surface area contributed by atoms with Crippen LogP contribution in [0.15, 0.2) is 48.7 Å². The third-order valence-corrected chi connectivity index (χ3v) is 3.63. The molecule has 2 nitrogen and oxygen atoms in total. The highest BCUT2D eigenvalue weighted by Crippen LogP contribution is 2.27. The first-order chi connectivity index (χ1) is 10.1. The van der Waals surface area contributed by atoms with Gasteiger partial charge in [-0.15, -0.1) is 0 Å². The van der Waals surface area contributed by atoms with Gasteiger partial charge in [0.05, 0.1) is 0 Å². The number of fused-ring (bicyclic) bond motifs is 1. The van der Waals surface area contributed by atoms with E-state index < -0.39 is 11.6 Å². The number of aromatic hydroxyl groups is 1. The minimum absolute atomic E-state index is 0.227. The molecule has 0 saturated carbocycles. The van der Waals surface area contributed by atoms with Crippen molar-refractivity contribution in [1.82, 2.24) is 4.57 Å². The van der Waals surface area contributed by atoms with Crippen LogP contribution in [0.3, 0.4) is 0 Å². The summed E-state index contributed by atoms with van der Waals surface area (Å²) in [5, 5.41) is 11.9. The summed E-state index contributed by atoms with van der Waals surface area (Å²) in [5.74, 6) is -0.854. The summed E-state index contributed by atoms with van der Waals surface area (Å²) in [7, 11) is 0. The van der Waals surface area contributed by atoms with Gasteiger partial charge in [0, 0.05) is 29.6 Å². The number of nitrogens with zero attached hydrogens (tertiary/aromatic N) is 1. The Morgan fingerprint density at radius 1 is 1.05 bits per heavy atom. The van der Waals surface area contributed by atoms with Crippen molar-refractivity contribution in [2.75, 3.05) is 0 Å². The van der Waals surface area contributed by atoms with Crippen LogP contribution in [0.5, 0.6) is 5.88 Å². The Balaban J connectivity index is 1.70. The van der Waals surface area contributed by atoms with Gasteiger partial charge in [0.2, 0.25) is 0 Å². The maximum absolute atomic E-state index is 13.5. The predicted molar refractivity (Wildman–Crippen MR) is 78.3 cm³/mol. The van der Waals surface area contributed by atoms with Crippen LogP contribution in [0.4, 0.5) is 8.78 Å². The van der Waals surface area contributed by atoms with Crippen LogP contribution in [-0.4, -0.2) is 9.67 Å². The molecule has 3 rings (SSSR count). The zero-order valence-electron chi connectivity index (χ0n) is 11.4. The van der Waals surface area contributed by atoms with E-state index in [1.165, 1.54) is 12.1 Å². The monoisotopic (exact) mass is 287 g/mol. The molecular formula is C17H15F2NO. The van der Waals surface area contributed by atoms with Gasteiger partial charge in [-0.1, -0.05) is 24.3 Å². The minimum atomic E-state index is -0.564. The average Bonchev–Trinajstić information content (AvgIpc) is 2.79. The van der Waals surface area contributed by atoms with Crippen LogP contribution < -0.4 is 0 Å². The van der Waals surface area contributed by atoms with Crippen LogP contribution in [0.2, 0.25) is 0 Å². The summed E-state index contributed by atoms with van der Waals surface area (Å²) in [4.78, 5) is 0. The Kier molecular flexibility index (Phi) is 3.60. The maximum Gasteiger partial charge on any atom is 0.199 e. The van der Waals surface area contributed by atoms with Crippen molar-refractivity contribution < 1.29 is 13.9 Å². The molecule has 4 heteroatoms. The molecule has 0 aliphatic heterocycles. The molecule has 108 valence electrons. The molecular weight excluding hydrogens is 272 g/mol. The molecule has 1 N–H and O–H groups in total. The Labute approximate surface area is 121 Å². The van der Waals surface area contributed by atoms with Crippen molar-refractivity contribution in [3.8, 4) is 5.88 Å². The SMILES string of the molecule is Oc1c2ccccc2cn1CCCc1ccc(F)cc1F. The van der Waals surface area contributed by atoms with Crippen LogP contribution in [0, 0.1) is 11.6 Å². The number of aryl methyl sites for hydroxylation is 2. The molecule has 0 atom stereocenters. The highest BCUT2D eigenvalue weighted by Gasteiger charge is 2.08. The maximum atomic E-state index is 13.5. The lowest BCUT2D eigenvalue weighted by atomic mass is 10.1. The predicted octanol–water partition coefficient (Wildman–Crippen LogP) is 4.26. The quantitative estimate of drug-likeness (QED) is 0.762. The zero-order chi connectivity index (χ0) is 14.8. The highest BCUT2D eigenvalue weighted by atomic mass is 19.1. The lowest BCUT2D eigenvalue weighted by Crippen LogP contribution is -1.99. The second-order valence-electron chi connectivity index (χ2n) is 5.07. The number of hydrogen-bond acceptors (Lipinski definition) is 1. The van der Waals surface area contributed by atoms with Gasteiger partial charge in [-0.3, -0.25) is 0 Å². The first-order valence-corrected chi connectivity index (χ1v) is 6.86. The fourth-order valence-electron chi connectivity index (χ4n) is 2.53. The summed E-state index contributed by atoms with van der Waals surface area (Å²) in [6.45, 7) is 0.581. The van der Waals surface area contributed by atoms with Crippen LogP contribution >= 0.6 is 0 Å². The Morgan fingerprint density at radius 2 is 1.86 bits per heavy atom. The number of halogens is 2.